The summed E-state index contributed by atoms with van der Waals surface area (Å²) in [7, 11) is 0. The van der Waals surface area contributed by atoms with Gasteiger partial charge >= 0.3 is 0 Å². The lowest BCUT2D eigenvalue weighted by atomic mass is 9.87. The minimum absolute atomic E-state index is 0.166. The van der Waals surface area contributed by atoms with E-state index in [0.717, 1.165) is 18.5 Å². The maximum Gasteiger partial charge on any atom is 0.186 e. The van der Waals surface area contributed by atoms with Crippen molar-refractivity contribution in [2.75, 3.05) is 0 Å². The Morgan fingerprint density at radius 2 is 1.90 bits per heavy atom. The molecule has 0 saturated heterocycles. The normalized spacial score (nSPS) is 15.0. The Kier molecular flexibility index (Phi) is 3.29. The van der Waals surface area contributed by atoms with Gasteiger partial charge in [-0.1, -0.05) is 50.3 Å². The number of benzene rings is 1. The lowest BCUT2D eigenvalue weighted by Gasteiger charge is -2.19. The molecule has 1 aromatic carbocycles. The molecule has 0 amide bonds. The molecule has 1 heterocycles. The standard InChI is InChI=1S/C17H20N4/c1-17(2,3)14-8-4-12(5-9-14)11-21-16(13-6-7-13)15(10-18)19-20-21/h4-5,8-9,13H,6-7,11H2,1-3H3. The molecule has 0 N–H and O–H groups in total. The molecular weight excluding hydrogens is 260 g/mol. The fraction of sp³-hybridized carbons (Fsp3) is 0.471. The van der Waals surface area contributed by atoms with Crippen LogP contribution in [0.15, 0.2) is 24.3 Å². The van der Waals surface area contributed by atoms with Gasteiger partial charge in [0.1, 0.15) is 6.07 Å². The van der Waals surface area contributed by atoms with Crippen LogP contribution in [-0.2, 0) is 12.0 Å². The number of rotatable bonds is 3. The zero-order chi connectivity index (χ0) is 15.0. The van der Waals surface area contributed by atoms with Gasteiger partial charge in [-0.25, -0.2) is 4.68 Å². The maximum absolute atomic E-state index is 9.13. The van der Waals surface area contributed by atoms with E-state index in [0.29, 0.717) is 18.2 Å². The molecule has 2 aromatic rings. The van der Waals surface area contributed by atoms with E-state index in [1.165, 1.54) is 11.1 Å². The molecule has 0 atom stereocenters. The predicted molar refractivity (Wildman–Crippen MR) is 81.0 cm³/mol. The molecule has 108 valence electrons. The summed E-state index contributed by atoms with van der Waals surface area (Å²) in [6.07, 6.45) is 2.29. The van der Waals surface area contributed by atoms with Gasteiger partial charge in [0.15, 0.2) is 5.69 Å². The first-order chi connectivity index (χ1) is 9.99. The van der Waals surface area contributed by atoms with Gasteiger partial charge in [0.05, 0.1) is 12.2 Å². The van der Waals surface area contributed by atoms with Gasteiger partial charge in [-0.3, -0.25) is 0 Å². The molecule has 1 aliphatic rings. The van der Waals surface area contributed by atoms with Crippen molar-refractivity contribution in [2.24, 2.45) is 0 Å². The summed E-state index contributed by atoms with van der Waals surface area (Å²) >= 11 is 0. The van der Waals surface area contributed by atoms with E-state index in [2.05, 4.69) is 61.4 Å². The average Bonchev–Trinajstić information content (AvgIpc) is 3.20. The van der Waals surface area contributed by atoms with Gasteiger partial charge < -0.3 is 0 Å². The zero-order valence-corrected chi connectivity index (χ0v) is 12.8. The van der Waals surface area contributed by atoms with Crippen LogP contribution in [0.5, 0.6) is 0 Å². The first kappa shape index (κ1) is 13.8. The highest BCUT2D eigenvalue weighted by molar-refractivity contribution is 5.32. The molecule has 1 fully saturated rings. The Morgan fingerprint density at radius 3 is 2.43 bits per heavy atom. The fourth-order valence-corrected chi connectivity index (χ4v) is 2.56. The monoisotopic (exact) mass is 280 g/mol. The molecule has 0 bridgehead atoms. The van der Waals surface area contributed by atoms with Crippen LogP contribution in [0.3, 0.4) is 0 Å². The summed E-state index contributed by atoms with van der Waals surface area (Å²) in [5.74, 6) is 0.475. The van der Waals surface area contributed by atoms with Gasteiger partial charge in [0, 0.05) is 5.92 Å². The largest absolute Gasteiger partial charge is 0.243 e. The first-order valence-electron chi connectivity index (χ1n) is 7.42. The van der Waals surface area contributed by atoms with Crippen LogP contribution in [0.2, 0.25) is 0 Å². The van der Waals surface area contributed by atoms with E-state index < -0.39 is 0 Å². The quantitative estimate of drug-likeness (QED) is 0.866. The summed E-state index contributed by atoms with van der Waals surface area (Å²) in [4.78, 5) is 0. The van der Waals surface area contributed by atoms with E-state index in [1.54, 1.807) is 0 Å². The molecule has 4 heteroatoms. The molecule has 1 saturated carbocycles. The van der Waals surface area contributed by atoms with Crippen molar-refractivity contribution in [1.29, 1.82) is 5.26 Å². The molecule has 1 aromatic heterocycles. The average molecular weight is 280 g/mol. The van der Waals surface area contributed by atoms with Crippen LogP contribution in [0.1, 0.15) is 62.0 Å². The second-order valence-electron chi connectivity index (χ2n) is 6.81. The number of aromatic nitrogens is 3. The Balaban J connectivity index is 1.84. The molecule has 0 radical (unpaired) electrons. The van der Waals surface area contributed by atoms with Crippen molar-refractivity contribution in [3.05, 3.63) is 46.8 Å². The fourth-order valence-electron chi connectivity index (χ4n) is 2.56. The molecule has 0 aliphatic heterocycles. The van der Waals surface area contributed by atoms with Crippen LogP contribution < -0.4 is 0 Å². The number of hydrogen-bond donors (Lipinski definition) is 0. The van der Waals surface area contributed by atoms with Crippen molar-refractivity contribution in [3.63, 3.8) is 0 Å². The third-order valence-corrected chi connectivity index (χ3v) is 4.00. The number of nitriles is 1. The minimum atomic E-state index is 0.166. The SMILES string of the molecule is CC(C)(C)c1ccc(Cn2nnc(C#N)c2C2CC2)cc1. The van der Waals surface area contributed by atoms with E-state index in [-0.39, 0.29) is 5.41 Å². The molecular formula is C17H20N4. The zero-order valence-electron chi connectivity index (χ0n) is 12.8. The predicted octanol–water partition coefficient (Wildman–Crippen LogP) is 3.37. The van der Waals surface area contributed by atoms with Crippen molar-refractivity contribution >= 4 is 0 Å². The number of nitrogens with zero attached hydrogens (tertiary/aromatic N) is 4. The Morgan fingerprint density at radius 1 is 1.24 bits per heavy atom. The molecule has 0 spiro atoms. The highest BCUT2D eigenvalue weighted by atomic mass is 15.4. The van der Waals surface area contributed by atoms with E-state index in [1.807, 2.05) is 4.68 Å². The highest BCUT2D eigenvalue weighted by Crippen LogP contribution is 2.41. The van der Waals surface area contributed by atoms with Gasteiger partial charge in [-0.15, -0.1) is 5.10 Å². The molecule has 21 heavy (non-hydrogen) atoms. The van der Waals surface area contributed by atoms with Crippen LogP contribution in [0.4, 0.5) is 0 Å². The summed E-state index contributed by atoms with van der Waals surface area (Å²) in [5, 5.41) is 17.3. The van der Waals surface area contributed by atoms with Gasteiger partial charge in [-0.2, -0.15) is 5.26 Å². The minimum Gasteiger partial charge on any atom is -0.243 e. The summed E-state index contributed by atoms with van der Waals surface area (Å²) in [5.41, 5.74) is 4.18. The van der Waals surface area contributed by atoms with Crippen molar-refractivity contribution in [2.45, 2.75) is 51.5 Å². The van der Waals surface area contributed by atoms with E-state index in [4.69, 9.17) is 5.26 Å². The summed E-state index contributed by atoms with van der Waals surface area (Å²) in [6.45, 7) is 7.32. The van der Waals surface area contributed by atoms with Crippen LogP contribution in [0, 0.1) is 11.3 Å². The molecule has 4 nitrogen and oxygen atoms in total. The van der Waals surface area contributed by atoms with E-state index >= 15 is 0 Å². The van der Waals surface area contributed by atoms with Gasteiger partial charge in [0.2, 0.25) is 0 Å². The Bertz CT molecular complexity index is 679. The summed E-state index contributed by atoms with van der Waals surface area (Å²) in [6, 6.07) is 10.8. The Labute approximate surface area is 125 Å². The lowest BCUT2D eigenvalue weighted by molar-refractivity contribution is 0.588. The van der Waals surface area contributed by atoms with Crippen LogP contribution in [0.25, 0.3) is 0 Å². The smallest absolute Gasteiger partial charge is 0.186 e. The van der Waals surface area contributed by atoms with E-state index in [9.17, 15) is 0 Å². The van der Waals surface area contributed by atoms with Gasteiger partial charge in [-0.05, 0) is 29.4 Å². The van der Waals surface area contributed by atoms with Crippen molar-refractivity contribution in [1.82, 2.24) is 15.0 Å². The maximum atomic E-state index is 9.13. The molecule has 1 aliphatic carbocycles. The Hall–Kier alpha value is -2.15. The van der Waals surface area contributed by atoms with Gasteiger partial charge in [0.25, 0.3) is 0 Å². The third-order valence-electron chi connectivity index (χ3n) is 4.00. The third kappa shape index (κ3) is 2.82. The van der Waals surface area contributed by atoms with Crippen LogP contribution >= 0.6 is 0 Å². The van der Waals surface area contributed by atoms with Crippen molar-refractivity contribution < 1.29 is 0 Å². The first-order valence-corrected chi connectivity index (χ1v) is 7.42. The molecule has 0 unspecified atom stereocenters. The second-order valence-corrected chi connectivity index (χ2v) is 6.81. The molecule has 3 rings (SSSR count). The summed E-state index contributed by atoms with van der Waals surface area (Å²) < 4.78 is 1.89. The van der Waals surface area contributed by atoms with Crippen molar-refractivity contribution in [3.8, 4) is 6.07 Å². The number of hydrogen-bond acceptors (Lipinski definition) is 3. The van der Waals surface area contributed by atoms with Crippen LogP contribution in [-0.4, -0.2) is 15.0 Å². The topological polar surface area (TPSA) is 54.5 Å². The highest BCUT2D eigenvalue weighted by Gasteiger charge is 2.31. The second kappa shape index (κ2) is 5.00. The lowest BCUT2D eigenvalue weighted by Crippen LogP contribution is -2.11.